The van der Waals surface area contributed by atoms with E-state index in [9.17, 15) is 4.79 Å². The highest BCUT2D eigenvalue weighted by atomic mass is 16.1. The van der Waals surface area contributed by atoms with Gasteiger partial charge in [-0.2, -0.15) is 0 Å². The van der Waals surface area contributed by atoms with E-state index in [2.05, 4.69) is 36.0 Å². The monoisotopic (exact) mass is 275 g/mol. The van der Waals surface area contributed by atoms with Crippen LogP contribution >= 0.6 is 0 Å². The molecular weight excluding hydrogens is 250 g/mol. The SMILES string of the molecule is Cc1cncc(C(=O)NC2(C)CCN(C(C)C)CC2)c1. The van der Waals surface area contributed by atoms with E-state index in [1.54, 1.807) is 12.4 Å². The summed E-state index contributed by atoms with van der Waals surface area (Å²) in [6.07, 6.45) is 5.39. The number of hydrogen-bond acceptors (Lipinski definition) is 3. The first-order valence-corrected chi connectivity index (χ1v) is 7.38. The Hall–Kier alpha value is -1.42. The number of nitrogens with one attached hydrogen (secondary N) is 1. The van der Waals surface area contributed by atoms with Crippen LogP contribution in [0.5, 0.6) is 0 Å². The van der Waals surface area contributed by atoms with Crippen LogP contribution in [0, 0.1) is 6.92 Å². The first kappa shape index (κ1) is 15.0. The average Bonchev–Trinajstić information content (AvgIpc) is 2.38. The molecule has 1 aromatic heterocycles. The van der Waals surface area contributed by atoms with Crippen molar-refractivity contribution in [2.45, 2.75) is 52.1 Å². The third kappa shape index (κ3) is 3.57. The molecule has 1 N–H and O–H groups in total. The summed E-state index contributed by atoms with van der Waals surface area (Å²) in [4.78, 5) is 18.9. The number of nitrogens with zero attached hydrogens (tertiary/aromatic N) is 2. The summed E-state index contributed by atoms with van der Waals surface area (Å²) in [6.45, 7) is 10.6. The number of hydrogen-bond donors (Lipinski definition) is 1. The molecular formula is C16H25N3O. The van der Waals surface area contributed by atoms with Crippen molar-refractivity contribution in [1.29, 1.82) is 0 Å². The quantitative estimate of drug-likeness (QED) is 0.921. The highest BCUT2D eigenvalue weighted by Gasteiger charge is 2.32. The zero-order valence-electron chi connectivity index (χ0n) is 12.9. The summed E-state index contributed by atoms with van der Waals surface area (Å²) in [6, 6.07) is 2.46. The van der Waals surface area contributed by atoms with Gasteiger partial charge in [-0.25, -0.2) is 0 Å². The van der Waals surface area contributed by atoms with Crippen LogP contribution in [-0.4, -0.2) is 40.5 Å². The molecule has 0 aromatic carbocycles. The topological polar surface area (TPSA) is 45.2 Å². The summed E-state index contributed by atoms with van der Waals surface area (Å²) in [5, 5.41) is 3.19. The second-order valence-electron chi connectivity index (χ2n) is 6.40. The van der Waals surface area contributed by atoms with E-state index < -0.39 is 0 Å². The van der Waals surface area contributed by atoms with Crippen LogP contribution in [-0.2, 0) is 0 Å². The zero-order valence-corrected chi connectivity index (χ0v) is 12.9. The molecule has 20 heavy (non-hydrogen) atoms. The Labute approximate surface area is 121 Å². The highest BCUT2D eigenvalue weighted by molar-refractivity contribution is 5.94. The van der Waals surface area contributed by atoms with E-state index in [0.717, 1.165) is 31.5 Å². The molecule has 2 rings (SSSR count). The van der Waals surface area contributed by atoms with Gasteiger partial charge in [0.25, 0.3) is 5.91 Å². The smallest absolute Gasteiger partial charge is 0.253 e. The molecule has 1 amide bonds. The first-order chi connectivity index (χ1) is 9.39. The maximum Gasteiger partial charge on any atom is 0.253 e. The lowest BCUT2D eigenvalue weighted by atomic mass is 9.88. The fourth-order valence-corrected chi connectivity index (χ4v) is 2.68. The van der Waals surface area contributed by atoms with E-state index in [-0.39, 0.29) is 11.4 Å². The van der Waals surface area contributed by atoms with Gasteiger partial charge in [0.05, 0.1) is 5.56 Å². The molecule has 0 spiro atoms. The number of likely N-dealkylation sites (tertiary alicyclic amines) is 1. The maximum atomic E-state index is 12.3. The molecule has 4 nitrogen and oxygen atoms in total. The molecule has 1 aliphatic rings. The number of pyridine rings is 1. The van der Waals surface area contributed by atoms with Crippen molar-refractivity contribution in [3.63, 3.8) is 0 Å². The highest BCUT2D eigenvalue weighted by Crippen LogP contribution is 2.23. The largest absolute Gasteiger partial charge is 0.347 e. The average molecular weight is 275 g/mol. The Bertz CT molecular complexity index is 476. The zero-order chi connectivity index (χ0) is 14.8. The van der Waals surface area contributed by atoms with Gasteiger partial charge in [0, 0.05) is 37.1 Å². The standard InChI is InChI=1S/C16H25N3O/c1-12(2)19-7-5-16(4,6-8-19)18-15(20)14-9-13(3)10-17-11-14/h9-12H,5-8H2,1-4H3,(H,18,20). The van der Waals surface area contributed by atoms with Gasteiger partial charge in [-0.1, -0.05) is 0 Å². The van der Waals surface area contributed by atoms with Gasteiger partial charge in [-0.05, 0) is 52.2 Å². The molecule has 1 aromatic rings. The predicted molar refractivity (Wildman–Crippen MR) is 80.8 cm³/mol. The van der Waals surface area contributed by atoms with Gasteiger partial charge in [-0.3, -0.25) is 9.78 Å². The van der Waals surface area contributed by atoms with Gasteiger partial charge in [0.2, 0.25) is 0 Å². The second-order valence-corrected chi connectivity index (χ2v) is 6.40. The van der Waals surface area contributed by atoms with Crippen LogP contribution in [0.2, 0.25) is 0 Å². The number of amides is 1. The number of carbonyl (C=O) groups excluding carboxylic acids is 1. The summed E-state index contributed by atoms with van der Waals surface area (Å²) >= 11 is 0. The van der Waals surface area contributed by atoms with Crippen LogP contribution in [0.4, 0.5) is 0 Å². The molecule has 4 heteroatoms. The number of piperidine rings is 1. The minimum atomic E-state index is -0.105. The van der Waals surface area contributed by atoms with Crippen LogP contribution in [0.1, 0.15) is 49.5 Å². The third-order valence-corrected chi connectivity index (χ3v) is 4.18. The van der Waals surface area contributed by atoms with E-state index in [0.29, 0.717) is 11.6 Å². The molecule has 1 aliphatic heterocycles. The van der Waals surface area contributed by atoms with Gasteiger partial charge in [0.15, 0.2) is 0 Å². The lowest BCUT2D eigenvalue weighted by Crippen LogP contribution is -2.54. The van der Waals surface area contributed by atoms with Crippen LogP contribution in [0.3, 0.4) is 0 Å². The Morgan fingerprint density at radius 2 is 2.00 bits per heavy atom. The maximum absolute atomic E-state index is 12.3. The van der Waals surface area contributed by atoms with Crippen LogP contribution < -0.4 is 5.32 Å². The molecule has 1 saturated heterocycles. The summed E-state index contributed by atoms with van der Waals surface area (Å²) in [5.74, 6) is -0.0123. The second kappa shape index (κ2) is 5.92. The molecule has 0 saturated carbocycles. The number of aromatic nitrogens is 1. The van der Waals surface area contributed by atoms with Gasteiger partial charge >= 0.3 is 0 Å². The molecule has 0 atom stereocenters. The number of carbonyl (C=O) groups is 1. The summed E-state index contributed by atoms with van der Waals surface area (Å²) in [7, 11) is 0. The summed E-state index contributed by atoms with van der Waals surface area (Å²) in [5.41, 5.74) is 1.56. The normalized spacial score (nSPS) is 19.1. The predicted octanol–water partition coefficient (Wildman–Crippen LogP) is 2.38. The number of aryl methyl sites for hydroxylation is 1. The van der Waals surface area contributed by atoms with Gasteiger partial charge in [-0.15, -0.1) is 0 Å². The van der Waals surface area contributed by atoms with Crippen molar-refractivity contribution >= 4 is 5.91 Å². The van der Waals surface area contributed by atoms with Crippen LogP contribution in [0.15, 0.2) is 18.5 Å². The molecule has 0 radical (unpaired) electrons. The van der Waals surface area contributed by atoms with Crippen molar-refractivity contribution in [3.05, 3.63) is 29.6 Å². The van der Waals surface area contributed by atoms with Crippen molar-refractivity contribution < 1.29 is 4.79 Å². The van der Waals surface area contributed by atoms with Crippen molar-refractivity contribution in [1.82, 2.24) is 15.2 Å². The van der Waals surface area contributed by atoms with Gasteiger partial charge < -0.3 is 10.2 Å². The van der Waals surface area contributed by atoms with Crippen molar-refractivity contribution in [3.8, 4) is 0 Å². The minimum absolute atomic E-state index is 0.0123. The van der Waals surface area contributed by atoms with Crippen LogP contribution in [0.25, 0.3) is 0 Å². The summed E-state index contributed by atoms with van der Waals surface area (Å²) < 4.78 is 0. The Morgan fingerprint density at radius 3 is 2.55 bits per heavy atom. The molecule has 0 aliphatic carbocycles. The fraction of sp³-hybridized carbons (Fsp3) is 0.625. The van der Waals surface area contributed by atoms with E-state index in [1.165, 1.54) is 0 Å². The van der Waals surface area contributed by atoms with Crippen molar-refractivity contribution in [2.75, 3.05) is 13.1 Å². The molecule has 0 unspecified atom stereocenters. The Morgan fingerprint density at radius 1 is 1.35 bits per heavy atom. The Balaban J connectivity index is 1.98. The van der Waals surface area contributed by atoms with Crippen molar-refractivity contribution in [2.24, 2.45) is 0 Å². The Kier molecular flexibility index (Phi) is 4.43. The molecule has 2 heterocycles. The van der Waals surface area contributed by atoms with E-state index >= 15 is 0 Å². The first-order valence-electron chi connectivity index (χ1n) is 7.38. The third-order valence-electron chi connectivity index (χ3n) is 4.18. The van der Waals surface area contributed by atoms with E-state index in [1.807, 2.05) is 13.0 Å². The molecule has 1 fully saturated rings. The lowest BCUT2D eigenvalue weighted by Gasteiger charge is -2.41. The van der Waals surface area contributed by atoms with E-state index in [4.69, 9.17) is 0 Å². The number of rotatable bonds is 3. The molecule has 110 valence electrons. The molecule has 0 bridgehead atoms. The minimum Gasteiger partial charge on any atom is -0.347 e. The lowest BCUT2D eigenvalue weighted by molar-refractivity contribution is 0.0801. The fourth-order valence-electron chi connectivity index (χ4n) is 2.68. The van der Waals surface area contributed by atoms with Gasteiger partial charge in [0.1, 0.15) is 0 Å².